The molecule has 0 bridgehead atoms. The Kier molecular flexibility index (Phi) is 4.84. The van der Waals surface area contributed by atoms with E-state index in [1.807, 2.05) is 4.90 Å². The first kappa shape index (κ1) is 18.8. The van der Waals surface area contributed by atoms with Gasteiger partial charge in [-0.1, -0.05) is 18.2 Å². The molecule has 1 saturated heterocycles. The first-order valence-corrected chi connectivity index (χ1v) is 9.31. The highest BCUT2D eigenvalue weighted by molar-refractivity contribution is 6.35. The summed E-state index contributed by atoms with van der Waals surface area (Å²) in [6.45, 7) is 1.13. The highest BCUT2D eigenvalue weighted by atomic mass is 19.1. The summed E-state index contributed by atoms with van der Waals surface area (Å²) in [6, 6.07) is 11.6. The maximum Gasteiger partial charge on any atom is 0.278 e. The Hall–Kier alpha value is -3.55. The number of hydrogen-bond donors (Lipinski definition) is 0. The number of nitrogens with zero attached hydrogens (tertiary/aromatic N) is 3. The number of amides is 2. The van der Waals surface area contributed by atoms with Gasteiger partial charge in [-0.15, -0.1) is 0 Å². The monoisotopic (exact) mass is 395 g/mol. The van der Waals surface area contributed by atoms with Gasteiger partial charge in [-0.3, -0.25) is 24.6 Å². The third-order valence-corrected chi connectivity index (χ3v) is 5.22. The van der Waals surface area contributed by atoms with Crippen molar-refractivity contribution < 1.29 is 18.9 Å². The van der Waals surface area contributed by atoms with Crippen molar-refractivity contribution in [3.8, 4) is 0 Å². The number of benzene rings is 2. The van der Waals surface area contributed by atoms with E-state index in [-0.39, 0.29) is 29.1 Å². The lowest BCUT2D eigenvalue weighted by molar-refractivity contribution is -0.384. The zero-order chi connectivity index (χ0) is 20.5. The van der Waals surface area contributed by atoms with Crippen molar-refractivity contribution in [3.63, 3.8) is 0 Å². The molecule has 0 N–H and O–H groups in total. The Bertz CT molecular complexity index is 1030. The van der Waals surface area contributed by atoms with E-state index in [2.05, 4.69) is 0 Å². The number of likely N-dealkylation sites (tertiary alicyclic amines) is 1. The molecule has 148 valence electrons. The van der Waals surface area contributed by atoms with Crippen LogP contribution in [0.5, 0.6) is 0 Å². The molecule has 2 heterocycles. The largest absolute Gasteiger partial charge is 0.366 e. The van der Waals surface area contributed by atoms with E-state index in [9.17, 15) is 24.1 Å². The van der Waals surface area contributed by atoms with Crippen molar-refractivity contribution in [2.24, 2.45) is 0 Å². The van der Waals surface area contributed by atoms with Crippen LogP contribution in [0.1, 0.15) is 24.0 Å². The normalized spacial score (nSPS) is 16.9. The fourth-order valence-corrected chi connectivity index (χ4v) is 3.75. The molecule has 1 fully saturated rings. The third-order valence-electron chi connectivity index (χ3n) is 5.22. The van der Waals surface area contributed by atoms with Crippen LogP contribution >= 0.6 is 0 Å². The molecule has 0 unspecified atom stereocenters. The number of nitro groups is 1. The molecular weight excluding hydrogens is 377 g/mol. The van der Waals surface area contributed by atoms with Gasteiger partial charge in [-0.25, -0.2) is 4.39 Å². The van der Waals surface area contributed by atoms with Crippen molar-refractivity contribution in [2.75, 3.05) is 13.1 Å². The van der Waals surface area contributed by atoms with Gasteiger partial charge in [0.25, 0.3) is 17.5 Å². The van der Waals surface area contributed by atoms with Crippen LogP contribution in [0, 0.1) is 15.9 Å². The highest BCUT2D eigenvalue weighted by Crippen LogP contribution is 2.35. The Labute approximate surface area is 166 Å². The summed E-state index contributed by atoms with van der Waals surface area (Å²) in [5, 5.41) is 10.9. The van der Waals surface area contributed by atoms with Crippen LogP contribution in [0.2, 0.25) is 0 Å². The lowest BCUT2D eigenvalue weighted by atomic mass is 10.0. The van der Waals surface area contributed by atoms with E-state index in [1.165, 1.54) is 36.4 Å². The van der Waals surface area contributed by atoms with Gasteiger partial charge in [0, 0.05) is 30.8 Å². The average molecular weight is 395 g/mol. The van der Waals surface area contributed by atoms with Crippen molar-refractivity contribution >= 4 is 23.1 Å². The van der Waals surface area contributed by atoms with E-state index in [0.29, 0.717) is 18.7 Å². The van der Waals surface area contributed by atoms with E-state index in [4.69, 9.17) is 0 Å². The second-order valence-electron chi connectivity index (χ2n) is 7.01. The van der Waals surface area contributed by atoms with Gasteiger partial charge in [0.05, 0.1) is 17.0 Å². The van der Waals surface area contributed by atoms with Gasteiger partial charge in [-0.2, -0.15) is 0 Å². The summed E-state index contributed by atoms with van der Waals surface area (Å²) in [5.41, 5.74) is 1.09. The molecule has 8 heteroatoms. The van der Waals surface area contributed by atoms with Crippen LogP contribution in [-0.4, -0.2) is 39.6 Å². The molecule has 2 aromatic rings. The number of hydrogen-bond acceptors (Lipinski definition) is 5. The Balaban J connectivity index is 1.74. The number of rotatable bonds is 5. The molecule has 0 radical (unpaired) electrons. The van der Waals surface area contributed by atoms with Gasteiger partial charge in [0.15, 0.2) is 0 Å². The summed E-state index contributed by atoms with van der Waals surface area (Å²) in [7, 11) is 0. The lowest BCUT2D eigenvalue weighted by Gasteiger charge is -2.20. The van der Waals surface area contributed by atoms with Gasteiger partial charge >= 0.3 is 0 Å². The second kappa shape index (κ2) is 7.46. The quantitative estimate of drug-likeness (QED) is 0.441. The number of carbonyl (C=O) groups is 2. The Morgan fingerprint density at radius 1 is 0.966 bits per heavy atom. The molecule has 2 aromatic carbocycles. The van der Waals surface area contributed by atoms with E-state index >= 15 is 0 Å². The van der Waals surface area contributed by atoms with Crippen molar-refractivity contribution in [1.29, 1.82) is 0 Å². The lowest BCUT2D eigenvalue weighted by Crippen LogP contribution is -2.34. The molecule has 0 saturated carbocycles. The molecule has 29 heavy (non-hydrogen) atoms. The molecule has 0 atom stereocenters. The van der Waals surface area contributed by atoms with E-state index in [1.54, 1.807) is 12.1 Å². The van der Waals surface area contributed by atoms with Crippen LogP contribution in [0.25, 0.3) is 5.57 Å². The van der Waals surface area contributed by atoms with Gasteiger partial charge in [0.1, 0.15) is 11.5 Å². The number of halogens is 1. The minimum absolute atomic E-state index is 0.0999. The van der Waals surface area contributed by atoms with Crippen LogP contribution in [-0.2, 0) is 16.1 Å². The molecule has 7 nitrogen and oxygen atoms in total. The number of imide groups is 1. The standard InChI is InChI=1S/C21H18FN3O4/c22-17-6-2-1-5-15(17)13-24-20(26)18(14-7-9-16(10-8-14)25(28)29)19(21(24)27)23-11-3-4-12-23/h1-2,5-10H,3-4,11-13H2. The number of nitro benzene ring substituents is 1. The molecule has 2 aliphatic rings. The minimum atomic E-state index is -0.522. The predicted molar refractivity (Wildman–Crippen MR) is 103 cm³/mol. The molecular formula is C21H18FN3O4. The summed E-state index contributed by atoms with van der Waals surface area (Å²) < 4.78 is 14.1. The molecule has 0 spiro atoms. The Morgan fingerprint density at radius 2 is 1.62 bits per heavy atom. The molecule has 2 amide bonds. The zero-order valence-electron chi connectivity index (χ0n) is 15.5. The topological polar surface area (TPSA) is 83.8 Å². The maximum atomic E-state index is 14.1. The SMILES string of the molecule is O=C1C(c2ccc([N+](=O)[O-])cc2)=C(N2CCCC2)C(=O)N1Cc1ccccc1F. The summed E-state index contributed by atoms with van der Waals surface area (Å²) in [4.78, 5) is 39.7. The Morgan fingerprint density at radius 3 is 2.24 bits per heavy atom. The molecule has 2 aliphatic heterocycles. The molecule has 4 rings (SSSR count). The number of non-ortho nitro benzene ring substituents is 1. The smallest absolute Gasteiger partial charge is 0.278 e. The van der Waals surface area contributed by atoms with E-state index in [0.717, 1.165) is 17.7 Å². The minimum Gasteiger partial charge on any atom is -0.366 e. The highest BCUT2D eigenvalue weighted by Gasteiger charge is 2.42. The summed E-state index contributed by atoms with van der Waals surface area (Å²) >= 11 is 0. The fourth-order valence-electron chi connectivity index (χ4n) is 3.75. The molecule has 0 aromatic heterocycles. The third kappa shape index (κ3) is 3.37. The van der Waals surface area contributed by atoms with Gasteiger partial charge < -0.3 is 4.90 Å². The van der Waals surface area contributed by atoms with Crippen LogP contribution in [0.15, 0.2) is 54.2 Å². The molecule has 0 aliphatic carbocycles. The van der Waals surface area contributed by atoms with Gasteiger partial charge in [0.2, 0.25) is 0 Å². The van der Waals surface area contributed by atoms with Crippen LogP contribution in [0.3, 0.4) is 0 Å². The summed E-state index contributed by atoms with van der Waals surface area (Å²) in [5.74, 6) is -1.47. The van der Waals surface area contributed by atoms with E-state index < -0.39 is 22.6 Å². The first-order valence-electron chi connectivity index (χ1n) is 9.31. The van der Waals surface area contributed by atoms with Crippen molar-refractivity contribution in [2.45, 2.75) is 19.4 Å². The van der Waals surface area contributed by atoms with Gasteiger partial charge in [-0.05, 0) is 36.6 Å². The summed E-state index contributed by atoms with van der Waals surface area (Å²) in [6.07, 6.45) is 1.82. The van der Waals surface area contributed by atoms with Crippen LogP contribution in [0.4, 0.5) is 10.1 Å². The van der Waals surface area contributed by atoms with Crippen molar-refractivity contribution in [3.05, 3.63) is 81.3 Å². The van der Waals surface area contributed by atoms with Crippen molar-refractivity contribution in [1.82, 2.24) is 9.80 Å². The van der Waals surface area contributed by atoms with Crippen LogP contribution < -0.4 is 0 Å². The number of carbonyl (C=O) groups excluding carboxylic acids is 2. The predicted octanol–water partition coefficient (Wildman–Crippen LogP) is 3.11. The maximum absolute atomic E-state index is 14.1. The second-order valence-corrected chi connectivity index (χ2v) is 7.01. The zero-order valence-corrected chi connectivity index (χ0v) is 15.5. The average Bonchev–Trinajstić information content (AvgIpc) is 3.32. The first-order chi connectivity index (χ1) is 14.0. The fraction of sp³-hybridized carbons (Fsp3) is 0.238.